The molecule has 0 saturated carbocycles. The van der Waals surface area contributed by atoms with Gasteiger partial charge in [0.2, 0.25) is 0 Å². The number of amides is 1. The molecule has 0 atom stereocenters. The first-order valence-corrected chi connectivity index (χ1v) is 8.43. The second-order valence-corrected chi connectivity index (χ2v) is 5.98. The SMILES string of the molecule is CCN(c1cccnc1)c1cc(F)cc(NC(=O)c2cccc(C)c2)c1. The standard InChI is InChI=1S/C21H20FN3O/c1-3-25(19-8-5-9-23-14-19)20-12-17(22)11-18(13-20)24-21(26)16-7-4-6-15(2)10-16/h4-14H,3H2,1-2H3,(H,24,26). The van der Waals surface area contributed by atoms with Crippen molar-refractivity contribution in [3.63, 3.8) is 0 Å². The zero-order valence-electron chi connectivity index (χ0n) is 14.7. The Bertz CT molecular complexity index is 912. The molecule has 0 radical (unpaired) electrons. The Balaban J connectivity index is 1.89. The Labute approximate surface area is 152 Å². The van der Waals surface area contributed by atoms with Crippen molar-refractivity contribution in [2.45, 2.75) is 13.8 Å². The van der Waals surface area contributed by atoms with Gasteiger partial charge in [-0.25, -0.2) is 4.39 Å². The first-order chi connectivity index (χ1) is 12.6. The van der Waals surface area contributed by atoms with Gasteiger partial charge in [0.05, 0.1) is 11.9 Å². The molecule has 1 aromatic heterocycles. The minimum absolute atomic E-state index is 0.269. The molecule has 0 unspecified atom stereocenters. The summed E-state index contributed by atoms with van der Waals surface area (Å²) in [4.78, 5) is 18.5. The summed E-state index contributed by atoms with van der Waals surface area (Å²) >= 11 is 0. The molecule has 0 aliphatic carbocycles. The van der Waals surface area contributed by atoms with Gasteiger partial charge in [-0.1, -0.05) is 17.7 Å². The van der Waals surface area contributed by atoms with E-state index in [1.165, 1.54) is 12.1 Å². The van der Waals surface area contributed by atoms with E-state index >= 15 is 0 Å². The molecule has 4 nitrogen and oxygen atoms in total. The molecule has 0 saturated heterocycles. The summed E-state index contributed by atoms with van der Waals surface area (Å²) in [6.45, 7) is 4.54. The molecule has 5 heteroatoms. The van der Waals surface area contributed by atoms with Crippen molar-refractivity contribution in [2.24, 2.45) is 0 Å². The maximum Gasteiger partial charge on any atom is 0.255 e. The lowest BCUT2D eigenvalue weighted by Gasteiger charge is -2.23. The number of hydrogen-bond donors (Lipinski definition) is 1. The predicted molar refractivity (Wildman–Crippen MR) is 102 cm³/mol. The molecule has 0 aliphatic heterocycles. The van der Waals surface area contributed by atoms with Crippen molar-refractivity contribution in [3.8, 4) is 0 Å². The summed E-state index contributed by atoms with van der Waals surface area (Å²) in [5, 5.41) is 2.78. The van der Waals surface area contributed by atoms with Gasteiger partial charge in [0.15, 0.2) is 0 Å². The number of hydrogen-bond acceptors (Lipinski definition) is 3. The molecule has 0 spiro atoms. The summed E-state index contributed by atoms with van der Waals surface area (Å²) in [5.74, 6) is -0.681. The lowest BCUT2D eigenvalue weighted by molar-refractivity contribution is 0.102. The van der Waals surface area contributed by atoms with E-state index in [-0.39, 0.29) is 5.91 Å². The zero-order chi connectivity index (χ0) is 18.5. The minimum Gasteiger partial charge on any atom is -0.340 e. The third-order valence-electron chi connectivity index (χ3n) is 4.01. The summed E-state index contributed by atoms with van der Waals surface area (Å²) in [6.07, 6.45) is 3.41. The van der Waals surface area contributed by atoms with Crippen molar-refractivity contribution >= 4 is 23.0 Å². The summed E-state index contributed by atoms with van der Waals surface area (Å²) in [7, 11) is 0. The van der Waals surface area contributed by atoms with Crippen LogP contribution in [0.15, 0.2) is 67.0 Å². The topological polar surface area (TPSA) is 45.2 Å². The van der Waals surface area contributed by atoms with E-state index in [4.69, 9.17) is 0 Å². The van der Waals surface area contributed by atoms with Crippen molar-refractivity contribution < 1.29 is 9.18 Å². The molecule has 0 fully saturated rings. The number of benzene rings is 2. The fraction of sp³-hybridized carbons (Fsp3) is 0.143. The molecule has 1 heterocycles. The van der Waals surface area contributed by atoms with E-state index in [0.717, 1.165) is 11.3 Å². The number of pyridine rings is 1. The quantitative estimate of drug-likeness (QED) is 0.710. The molecule has 0 bridgehead atoms. The molecule has 0 aliphatic rings. The summed E-state index contributed by atoms with van der Waals surface area (Å²) < 4.78 is 14.2. The first-order valence-electron chi connectivity index (χ1n) is 8.43. The van der Waals surface area contributed by atoms with Crippen LogP contribution >= 0.6 is 0 Å². The van der Waals surface area contributed by atoms with E-state index in [9.17, 15) is 9.18 Å². The van der Waals surface area contributed by atoms with Crippen molar-refractivity contribution in [3.05, 3.63) is 83.9 Å². The van der Waals surface area contributed by atoms with Gasteiger partial charge in [-0.2, -0.15) is 0 Å². The smallest absolute Gasteiger partial charge is 0.255 e. The van der Waals surface area contributed by atoms with Crippen LogP contribution in [0.2, 0.25) is 0 Å². The van der Waals surface area contributed by atoms with E-state index in [0.29, 0.717) is 23.5 Å². The van der Waals surface area contributed by atoms with E-state index in [1.807, 2.05) is 43.0 Å². The van der Waals surface area contributed by atoms with Crippen LogP contribution in [0.3, 0.4) is 0 Å². The van der Waals surface area contributed by atoms with Crippen LogP contribution in [0.25, 0.3) is 0 Å². The van der Waals surface area contributed by atoms with E-state index < -0.39 is 5.82 Å². The normalized spacial score (nSPS) is 10.4. The van der Waals surface area contributed by atoms with Gasteiger partial charge >= 0.3 is 0 Å². The molecule has 1 N–H and O–H groups in total. The Kier molecular flexibility index (Phi) is 5.27. The number of aryl methyl sites for hydroxylation is 1. The molecule has 3 aromatic rings. The highest BCUT2D eigenvalue weighted by Gasteiger charge is 2.12. The average molecular weight is 349 g/mol. The number of carbonyl (C=O) groups is 1. The third-order valence-corrected chi connectivity index (χ3v) is 4.01. The Morgan fingerprint density at radius 1 is 1.12 bits per heavy atom. The van der Waals surface area contributed by atoms with Crippen LogP contribution < -0.4 is 10.2 Å². The van der Waals surface area contributed by atoms with Crippen molar-refractivity contribution in [1.29, 1.82) is 0 Å². The van der Waals surface area contributed by atoms with Crippen LogP contribution in [0.5, 0.6) is 0 Å². The second-order valence-electron chi connectivity index (χ2n) is 5.98. The average Bonchev–Trinajstić information content (AvgIpc) is 2.63. The Morgan fingerprint density at radius 3 is 2.65 bits per heavy atom. The zero-order valence-corrected chi connectivity index (χ0v) is 14.7. The van der Waals surface area contributed by atoms with Gasteiger partial charge in [-0.05, 0) is 56.3 Å². The molecule has 3 rings (SSSR count). The number of nitrogens with one attached hydrogen (secondary N) is 1. The van der Waals surface area contributed by atoms with Crippen molar-refractivity contribution in [1.82, 2.24) is 4.98 Å². The van der Waals surface area contributed by atoms with Crippen molar-refractivity contribution in [2.75, 3.05) is 16.8 Å². The molecule has 26 heavy (non-hydrogen) atoms. The maximum atomic E-state index is 14.2. The molecular weight excluding hydrogens is 329 g/mol. The monoisotopic (exact) mass is 349 g/mol. The molecule has 132 valence electrons. The fourth-order valence-corrected chi connectivity index (χ4v) is 2.82. The lowest BCUT2D eigenvalue weighted by atomic mass is 10.1. The van der Waals surface area contributed by atoms with Crippen LogP contribution in [-0.2, 0) is 0 Å². The van der Waals surface area contributed by atoms with E-state index in [1.54, 1.807) is 30.6 Å². The van der Waals surface area contributed by atoms with Crippen LogP contribution in [0.4, 0.5) is 21.5 Å². The van der Waals surface area contributed by atoms with Gasteiger partial charge in [0, 0.05) is 29.7 Å². The number of nitrogens with zero attached hydrogens (tertiary/aromatic N) is 2. The predicted octanol–water partition coefficient (Wildman–Crippen LogP) is 4.94. The van der Waals surface area contributed by atoms with Gasteiger partial charge in [0.25, 0.3) is 5.91 Å². The number of halogens is 1. The highest BCUT2D eigenvalue weighted by Crippen LogP contribution is 2.28. The van der Waals surface area contributed by atoms with E-state index in [2.05, 4.69) is 10.3 Å². The lowest BCUT2D eigenvalue weighted by Crippen LogP contribution is -2.17. The second kappa shape index (κ2) is 7.78. The summed E-state index contributed by atoms with van der Waals surface area (Å²) in [5.41, 5.74) is 3.45. The Morgan fingerprint density at radius 2 is 1.96 bits per heavy atom. The number of aromatic nitrogens is 1. The molecular formula is C21H20FN3O. The van der Waals surface area contributed by atoms with Crippen LogP contribution in [0.1, 0.15) is 22.8 Å². The van der Waals surface area contributed by atoms with Gasteiger partial charge in [-0.3, -0.25) is 9.78 Å². The van der Waals surface area contributed by atoms with Gasteiger partial charge < -0.3 is 10.2 Å². The number of rotatable bonds is 5. The minimum atomic E-state index is -0.413. The third kappa shape index (κ3) is 4.06. The highest BCUT2D eigenvalue weighted by atomic mass is 19.1. The van der Waals surface area contributed by atoms with Gasteiger partial charge in [-0.15, -0.1) is 0 Å². The largest absolute Gasteiger partial charge is 0.340 e. The van der Waals surface area contributed by atoms with Crippen LogP contribution in [-0.4, -0.2) is 17.4 Å². The summed E-state index contributed by atoms with van der Waals surface area (Å²) in [6, 6.07) is 15.5. The van der Waals surface area contributed by atoms with Crippen LogP contribution in [0, 0.1) is 12.7 Å². The molecule has 2 aromatic carbocycles. The van der Waals surface area contributed by atoms with Gasteiger partial charge in [0.1, 0.15) is 5.82 Å². The first kappa shape index (κ1) is 17.6. The fourth-order valence-electron chi connectivity index (χ4n) is 2.82. The number of carbonyl (C=O) groups excluding carboxylic acids is 1. The Hall–Kier alpha value is -3.21. The highest BCUT2D eigenvalue weighted by molar-refractivity contribution is 6.04. The number of anilines is 3. The maximum absolute atomic E-state index is 14.2. The molecule has 1 amide bonds.